The Balaban J connectivity index is 2.06. The molecule has 0 unspecified atom stereocenters. The van der Waals surface area contributed by atoms with E-state index >= 15 is 0 Å². The summed E-state index contributed by atoms with van der Waals surface area (Å²) in [6.45, 7) is 7.03. The Kier molecular flexibility index (Phi) is 4.25. The first-order chi connectivity index (χ1) is 8.97. The highest BCUT2D eigenvalue weighted by Gasteiger charge is 2.26. The minimum atomic E-state index is 0.230. The second-order valence-electron chi connectivity index (χ2n) is 5.83. The van der Waals surface area contributed by atoms with Crippen LogP contribution >= 0.6 is 0 Å². The fraction of sp³-hybridized carbons (Fsp3) is 0.562. The zero-order chi connectivity index (χ0) is 14.0. The van der Waals surface area contributed by atoms with Crippen molar-refractivity contribution in [3.63, 3.8) is 0 Å². The Morgan fingerprint density at radius 3 is 2.84 bits per heavy atom. The van der Waals surface area contributed by atoms with Crippen LogP contribution in [-0.4, -0.2) is 29.4 Å². The lowest BCUT2D eigenvalue weighted by Crippen LogP contribution is -2.48. The summed E-state index contributed by atoms with van der Waals surface area (Å²) >= 11 is 0. The van der Waals surface area contributed by atoms with Gasteiger partial charge in [0, 0.05) is 18.6 Å². The smallest absolute Gasteiger partial charge is 0.227 e. The number of amides is 1. The molecule has 1 amide bonds. The second-order valence-corrected chi connectivity index (χ2v) is 5.83. The van der Waals surface area contributed by atoms with E-state index in [-0.39, 0.29) is 18.0 Å². The highest BCUT2D eigenvalue weighted by atomic mass is 16.2. The minimum absolute atomic E-state index is 0.230. The van der Waals surface area contributed by atoms with E-state index in [0.717, 1.165) is 24.9 Å². The molecule has 0 aliphatic carbocycles. The fourth-order valence-corrected chi connectivity index (χ4v) is 2.83. The van der Waals surface area contributed by atoms with E-state index in [0.29, 0.717) is 6.42 Å². The van der Waals surface area contributed by atoms with Gasteiger partial charge in [-0.25, -0.2) is 0 Å². The largest absolute Gasteiger partial charge is 0.340 e. The summed E-state index contributed by atoms with van der Waals surface area (Å²) in [5, 5.41) is 0. The van der Waals surface area contributed by atoms with Crippen LogP contribution in [0.5, 0.6) is 0 Å². The first-order valence-corrected chi connectivity index (χ1v) is 7.08. The van der Waals surface area contributed by atoms with E-state index in [4.69, 9.17) is 5.73 Å². The van der Waals surface area contributed by atoms with Gasteiger partial charge in [-0.15, -0.1) is 0 Å². The van der Waals surface area contributed by atoms with Crippen LogP contribution in [0.3, 0.4) is 0 Å². The average Bonchev–Trinajstić information content (AvgIpc) is 2.33. The Hall–Kier alpha value is -1.35. The number of hydrogen-bond donors (Lipinski definition) is 1. The van der Waals surface area contributed by atoms with Crippen molar-refractivity contribution in [2.45, 2.75) is 52.1 Å². The van der Waals surface area contributed by atoms with Gasteiger partial charge in [0.1, 0.15) is 0 Å². The van der Waals surface area contributed by atoms with E-state index in [1.165, 1.54) is 11.1 Å². The van der Waals surface area contributed by atoms with Crippen LogP contribution in [0.25, 0.3) is 0 Å². The van der Waals surface area contributed by atoms with Gasteiger partial charge in [-0.3, -0.25) is 4.79 Å². The van der Waals surface area contributed by atoms with E-state index < -0.39 is 0 Å². The third-order valence-corrected chi connectivity index (χ3v) is 4.08. The molecule has 0 radical (unpaired) electrons. The summed E-state index contributed by atoms with van der Waals surface area (Å²) in [4.78, 5) is 14.4. The predicted molar refractivity (Wildman–Crippen MR) is 78.0 cm³/mol. The standard InChI is InChI=1S/C16H24N2O/c1-11-4-5-12(2)14(8-11)10-16(19)18-7-6-15(17)9-13(18)3/h4-5,8,13,15H,6-7,9-10,17H2,1-3H3/t13-,15-/m0/s1. The van der Waals surface area contributed by atoms with Crippen molar-refractivity contribution >= 4 is 5.91 Å². The normalized spacial score (nSPS) is 23.5. The van der Waals surface area contributed by atoms with Gasteiger partial charge in [-0.05, 0) is 44.7 Å². The molecule has 0 bridgehead atoms. The molecule has 1 heterocycles. The van der Waals surface area contributed by atoms with Crippen molar-refractivity contribution in [3.05, 3.63) is 34.9 Å². The molecule has 0 aromatic heterocycles. The zero-order valence-electron chi connectivity index (χ0n) is 12.1. The first kappa shape index (κ1) is 14.1. The maximum Gasteiger partial charge on any atom is 0.227 e. The molecule has 2 N–H and O–H groups in total. The van der Waals surface area contributed by atoms with Crippen LogP contribution in [-0.2, 0) is 11.2 Å². The molecular formula is C16H24N2O. The van der Waals surface area contributed by atoms with Crippen molar-refractivity contribution in [3.8, 4) is 0 Å². The number of hydrogen-bond acceptors (Lipinski definition) is 2. The van der Waals surface area contributed by atoms with E-state index in [2.05, 4.69) is 39.0 Å². The van der Waals surface area contributed by atoms with Crippen molar-refractivity contribution < 1.29 is 4.79 Å². The summed E-state index contributed by atoms with van der Waals surface area (Å²) in [6, 6.07) is 6.81. The van der Waals surface area contributed by atoms with E-state index in [1.54, 1.807) is 0 Å². The lowest BCUT2D eigenvalue weighted by Gasteiger charge is -2.36. The molecule has 1 saturated heterocycles. The molecule has 1 aromatic carbocycles. The van der Waals surface area contributed by atoms with Gasteiger partial charge in [0.05, 0.1) is 6.42 Å². The van der Waals surface area contributed by atoms with Crippen molar-refractivity contribution in [2.75, 3.05) is 6.54 Å². The number of nitrogens with two attached hydrogens (primary N) is 1. The third kappa shape index (κ3) is 3.35. The quantitative estimate of drug-likeness (QED) is 0.886. The van der Waals surface area contributed by atoms with Gasteiger partial charge in [0.2, 0.25) is 5.91 Å². The van der Waals surface area contributed by atoms with Gasteiger partial charge in [0.15, 0.2) is 0 Å². The number of aryl methyl sites for hydroxylation is 2. The van der Waals surface area contributed by atoms with E-state index in [1.807, 2.05) is 4.90 Å². The van der Waals surface area contributed by atoms with Crippen LogP contribution in [0.1, 0.15) is 36.5 Å². The summed E-state index contributed by atoms with van der Waals surface area (Å²) in [5.41, 5.74) is 9.50. The molecule has 2 rings (SSSR count). The molecule has 1 fully saturated rings. The van der Waals surface area contributed by atoms with Crippen molar-refractivity contribution in [1.29, 1.82) is 0 Å². The predicted octanol–water partition coefficient (Wildman–Crippen LogP) is 2.18. The molecule has 1 aromatic rings. The molecule has 0 spiro atoms. The molecule has 104 valence electrons. The van der Waals surface area contributed by atoms with Crippen LogP contribution < -0.4 is 5.73 Å². The van der Waals surface area contributed by atoms with Gasteiger partial charge in [-0.1, -0.05) is 23.8 Å². The number of rotatable bonds is 2. The molecular weight excluding hydrogens is 236 g/mol. The Morgan fingerprint density at radius 1 is 1.42 bits per heavy atom. The van der Waals surface area contributed by atoms with Crippen LogP contribution in [0.4, 0.5) is 0 Å². The SMILES string of the molecule is Cc1ccc(C)c(CC(=O)N2CC[C@H](N)C[C@@H]2C)c1. The molecule has 0 saturated carbocycles. The third-order valence-electron chi connectivity index (χ3n) is 4.08. The molecule has 3 heteroatoms. The first-order valence-electron chi connectivity index (χ1n) is 7.08. The number of nitrogens with zero attached hydrogens (tertiary/aromatic N) is 1. The van der Waals surface area contributed by atoms with Crippen LogP contribution in [0.15, 0.2) is 18.2 Å². The van der Waals surface area contributed by atoms with Gasteiger partial charge in [0.25, 0.3) is 0 Å². The Morgan fingerprint density at radius 2 is 2.16 bits per heavy atom. The summed E-state index contributed by atoms with van der Waals surface area (Å²) in [5.74, 6) is 0.230. The van der Waals surface area contributed by atoms with Crippen LogP contribution in [0, 0.1) is 13.8 Å². The second kappa shape index (κ2) is 5.74. The van der Waals surface area contributed by atoms with Crippen molar-refractivity contribution in [2.24, 2.45) is 5.73 Å². The number of benzene rings is 1. The summed E-state index contributed by atoms with van der Waals surface area (Å²) in [6.07, 6.45) is 2.34. The lowest BCUT2D eigenvalue weighted by atomic mass is 9.97. The number of carbonyl (C=O) groups is 1. The molecule has 19 heavy (non-hydrogen) atoms. The molecule has 1 aliphatic rings. The average molecular weight is 260 g/mol. The molecule has 1 aliphatic heterocycles. The summed E-state index contributed by atoms with van der Waals surface area (Å²) < 4.78 is 0. The highest BCUT2D eigenvalue weighted by Crippen LogP contribution is 2.19. The van der Waals surface area contributed by atoms with Crippen molar-refractivity contribution in [1.82, 2.24) is 4.90 Å². The monoisotopic (exact) mass is 260 g/mol. The maximum absolute atomic E-state index is 12.4. The number of piperidine rings is 1. The number of carbonyl (C=O) groups excluding carboxylic acids is 1. The molecule has 3 nitrogen and oxygen atoms in total. The Bertz CT molecular complexity index is 470. The van der Waals surface area contributed by atoms with Crippen LogP contribution in [0.2, 0.25) is 0 Å². The zero-order valence-corrected chi connectivity index (χ0v) is 12.1. The lowest BCUT2D eigenvalue weighted by molar-refractivity contribution is -0.133. The molecule has 2 atom stereocenters. The number of likely N-dealkylation sites (tertiary alicyclic amines) is 1. The van der Waals surface area contributed by atoms with E-state index in [9.17, 15) is 4.79 Å². The topological polar surface area (TPSA) is 46.3 Å². The highest BCUT2D eigenvalue weighted by molar-refractivity contribution is 5.79. The summed E-state index contributed by atoms with van der Waals surface area (Å²) in [7, 11) is 0. The van der Waals surface area contributed by atoms with Gasteiger partial charge < -0.3 is 10.6 Å². The Labute approximate surface area is 115 Å². The fourth-order valence-electron chi connectivity index (χ4n) is 2.83. The van der Waals surface area contributed by atoms with Gasteiger partial charge in [-0.2, -0.15) is 0 Å². The maximum atomic E-state index is 12.4. The minimum Gasteiger partial charge on any atom is -0.340 e. The van der Waals surface area contributed by atoms with Gasteiger partial charge >= 0.3 is 0 Å².